The van der Waals surface area contributed by atoms with Crippen LogP contribution in [0.25, 0.3) is 55.3 Å². The topological polar surface area (TPSA) is 16.4 Å². The molecule has 9 aromatic rings. The third-order valence-electron chi connectivity index (χ3n) is 12.6. The molecule has 0 fully saturated rings. The van der Waals surface area contributed by atoms with Crippen LogP contribution in [-0.4, -0.2) is 0 Å². The first-order valence-electron chi connectivity index (χ1n) is 19.6. The smallest absolute Gasteiger partial charge is 0.135 e. The van der Waals surface area contributed by atoms with Gasteiger partial charge in [0.25, 0.3) is 0 Å². The highest BCUT2D eigenvalue weighted by atomic mass is 16.3. The molecule has 0 radical (unpaired) electrons. The van der Waals surface area contributed by atoms with Crippen LogP contribution >= 0.6 is 0 Å². The Labute approximate surface area is 320 Å². The molecule has 0 amide bonds. The van der Waals surface area contributed by atoms with E-state index in [1.165, 1.54) is 85.3 Å². The van der Waals surface area contributed by atoms with Crippen LogP contribution in [0.4, 0.5) is 17.1 Å². The second kappa shape index (κ2) is 11.7. The van der Waals surface area contributed by atoms with E-state index in [2.05, 4.69) is 175 Å². The first-order valence-corrected chi connectivity index (χ1v) is 19.6. The van der Waals surface area contributed by atoms with E-state index >= 15 is 0 Å². The molecule has 2 heteroatoms. The first kappa shape index (κ1) is 30.8. The Morgan fingerprint density at radius 2 is 1.02 bits per heavy atom. The number of benzene rings is 8. The van der Waals surface area contributed by atoms with Crippen LogP contribution in [0.3, 0.4) is 0 Å². The minimum atomic E-state index is -0.449. The van der Waals surface area contributed by atoms with Gasteiger partial charge in [-0.25, -0.2) is 0 Å². The van der Waals surface area contributed by atoms with Crippen LogP contribution in [0.2, 0.25) is 0 Å². The molecule has 0 N–H and O–H groups in total. The number of aryl methyl sites for hydroxylation is 2. The summed E-state index contributed by atoms with van der Waals surface area (Å²) in [6, 6.07) is 65.6. The van der Waals surface area contributed by atoms with E-state index in [1.54, 1.807) is 0 Å². The molecular weight excluding hydrogens is 667 g/mol. The van der Waals surface area contributed by atoms with E-state index in [1.807, 2.05) is 6.07 Å². The number of anilines is 3. The maximum absolute atomic E-state index is 6.35. The lowest BCUT2D eigenvalue weighted by atomic mass is 9.70. The predicted octanol–water partition coefficient (Wildman–Crippen LogP) is 13.9. The van der Waals surface area contributed by atoms with Gasteiger partial charge in [0, 0.05) is 27.7 Å². The van der Waals surface area contributed by atoms with Crippen LogP contribution in [0.5, 0.6) is 0 Å². The Hall–Kier alpha value is -6.64. The zero-order valence-corrected chi connectivity index (χ0v) is 30.4. The number of hydrogen-bond acceptors (Lipinski definition) is 2. The highest BCUT2D eigenvalue weighted by molar-refractivity contribution is 6.07. The highest BCUT2D eigenvalue weighted by Gasteiger charge is 2.52. The lowest BCUT2D eigenvalue weighted by Gasteiger charge is -2.33. The summed E-state index contributed by atoms with van der Waals surface area (Å²) in [5.74, 6) is 0. The van der Waals surface area contributed by atoms with E-state index in [0.717, 1.165) is 46.2 Å². The summed E-state index contributed by atoms with van der Waals surface area (Å²) in [5.41, 5.74) is 20.9. The Bertz CT molecular complexity index is 2960. The average molecular weight is 704 g/mol. The fourth-order valence-electron chi connectivity index (χ4n) is 10.3. The van der Waals surface area contributed by atoms with Gasteiger partial charge in [-0.3, -0.25) is 0 Å². The molecule has 1 spiro atoms. The molecule has 260 valence electrons. The Kier molecular flexibility index (Phi) is 6.54. The van der Waals surface area contributed by atoms with Crippen molar-refractivity contribution in [3.63, 3.8) is 0 Å². The van der Waals surface area contributed by atoms with Gasteiger partial charge in [-0.05, 0) is 135 Å². The number of fused-ring (bicyclic) bond motifs is 14. The van der Waals surface area contributed by atoms with E-state index in [-0.39, 0.29) is 0 Å². The van der Waals surface area contributed by atoms with Crippen molar-refractivity contribution >= 4 is 39.0 Å². The number of hydrogen-bond donors (Lipinski definition) is 0. The number of furan rings is 1. The minimum Gasteiger partial charge on any atom is -0.456 e. The molecule has 0 bridgehead atoms. The molecule has 8 aromatic carbocycles. The van der Waals surface area contributed by atoms with Crippen LogP contribution in [0.1, 0.15) is 46.2 Å². The van der Waals surface area contributed by atoms with E-state index < -0.39 is 5.41 Å². The Balaban J connectivity index is 1.21. The summed E-state index contributed by atoms with van der Waals surface area (Å²) < 4.78 is 6.35. The Morgan fingerprint density at radius 1 is 0.400 bits per heavy atom. The van der Waals surface area contributed by atoms with Crippen LogP contribution in [0.15, 0.2) is 180 Å². The molecule has 0 saturated heterocycles. The number of rotatable bonds is 4. The average Bonchev–Trinajstić information content (AvgIpc) is 3.87. The second-order valence-electron chi connectivity index (χ2n) is 15.4. The molecule has 12 rings (SSSR count). The van der Waals surface area contributed by atoms with Crippen molar-refractivity contribution in [1.29, 1.82) is 0 Å². The van der Waals surface area contributed by atoms with Gasteiger partial charge in [-0.15, -0.1) is 0 Å². The molecule has 3 aliphatic carbocycles. The van der Waals surface area contributed by atoms with Crippen molar-refractivity contribution in [3.8, 4) is 33.4 Å². The van der Waals surface area contributed by atoms with Gasteiger partial charge in [0.2, 0.25) is 0 Å². The van der Waals surface area contributed by atoms with Gasteiger partial charge in [0.15, 0.2) is 0 Å². The van der Waals surface area contributed by atoms with Crippen molar-refractivity contribution in [2.45, 2.75) is 31.1 Å². The number of para-hydroxylation sites is 2. The van der Waals surface area contributed by atoms with Crippen molar-refractivity contribution in [2.75, 3.05) is 4.90 Å². The largest absolute Gasteiger partial charge is 0.456 e. The summed E-state index contributed by atoms with van der Waals surface area (Å²) in [7, 11) is 0. The van der Waals surface area contributed by atoms with Gasteiger partial charge >= 0.3 is 0 Å². The molecule has 3 aliphatic rings. The van der Waals surface area contributed by atoms with Gasteiger partial charge in [0.1, 0.15) is 11.2 Å². The summed E-state index contributed by atoms with van der Waals surface area (Å²) >= 11 is 0. The minimum absolute atomic E-state index is 0.449. The molecule has 1 aromatic heterocycles. The third kappa shape index (κ3) is 4.31. The monoisotopic (exact) mass is 703 g/mol. The summed E-state index contributed by atoms with van der Waals surface area (Å²) in [6.07, 6.45) is 4.81. The van der Waals surface area contributed by atoms with Crippen LogP contribution in [0, 0.1) is 0 Å². The van der Waals surface area contributed by atoms with E-state index in [0.29, 0.717) is 0 Å². The first-order chi connectivity index (χ1) is 27.3. The molecule has 2 nitrogen and oxygen atoms in total. The van der Waals surface area contributed by atoms with Gasteiger partial charge in [0.05, 0.1) is 11.1 Å². The maximum atomic E-state index is 6.35. The van der Waals surface area contributed by atoms with Gasteiger partial charge < -0.3 is 9.32 Å². The summed E-state index contributed by atoms with van der Waals surface area (Å²) in [5, 5.41) is 2.25. The maximum Gasteiger partial charge on any atom is 0.135 e. The highest BCUT2D eigenvalue weighted by Crippen LogP contribution is 2.64. The van der Waals surface area contributed by atoms with Crippen molar-refractivity contribution in [1.82, 2.24) is 0 Å². The standard InChI is InChI=1S/C53H37NO/c1-2-16-37(17-3-1)54(38-28-29-52-45(31-38)42-21-9-13-25-51(42)55-52)50-33-49-44(32-43(50)36-27-26-34-14-4-5-15-35(34)30-36)41-20-8-12-24-48(41)53(49)46-22-10-6-18-39(46)40-19-7-11-23-47(40)53/h1-3,6-13,16-33H,4-5,14-15H2. The second-order valence-corrected chi connectivity index (χ2v) is 15.4. The number of nitrogens with zero attached hydrogens (tertiary/aromatic N) is 1. The molecular formula is C53H37NO. The third-order valence-corrected chi connectivity index (χ3v) is 12.6. The molecule has 0 atom stereocenters. The quantitative estimate of drug-likeness (QED) is 0.181. The summed E-state index contributed by atoms with van der Waals surface area (Å²) in [6.45, 7) is 0. The zero-order valence-electron chi connectivity index (χ0n) is 30.4. The Morgan fingerprint density at radius 3 is 1.76 bits per heavy atom. The SMILES string of the molecule is c1ccc(N(c2ccc3oc4ccccc4c3c2)c2cc3c(cc2-c2ccc4c(c2)CCCC4)-c2ccccc2C32c3ccccc3-c3ccccc32)cc1. The lowest BCUT2D eigenvalue weighted by Crippen LogP contribution is -2.26. The van der Waals surface area contributed by atoms with E-state index in [9.17, 15) is 0 Å². The molecule has 1 heterocycles. The molecule has 0 aliphatic heterocycles. The van der Waals surface area contributed by atoms with Crippen molar-refractivity contribution < 1.29 is 4.42 Å². The van der Waals surface area contributed by atoms with Crippen molar-refractivity contribution in [2.24, 2.45) is 0 Å². The molecule has 0 saturated carbocycles. The van der Waals surface area contributed by atoms with Gasteiger partial charge in [-0.2, -0.15) is 0 Å². The van der Waals surface area contributed by atoms with Gasteiger partial charge in [-0.1, -0.05) is 127 Å². The fraction of sp³-hybridized carbons (Fsp3) is 0.0943. The van der Waals surface area contributed by atoms with Crippen LogP contribution in [-0.2, 0) is 18.3 Å². The van der Waals surface area contributed by atoms with Crippen LogP contribution < -0.4 is 4.90 Å². The summed E-state index contributed by atoms with van der Waals surface area (Å²) in [4.78, 5) is 2.49. The lowest BCUT2D eigenvalue weighted by molar-refractivity contribution is 0.669. The normalized spacial score (nSPS) is 14.4. The molecule has 0 unspecified atom stereocenters. The van der Waals surface area contributed by atoms with Crippen molar-refractivity contribution in [3.05, 3.63) is 209 Å². The van der Waals surface area contributed by atoms with E-state index in [4.69, 9.17) is 4.42 Å². The zero-order chi connectivity index (χ0) is 36.1. The fourth-order valence-corrected chi connectivity index (χ4v) is 10.3. The molecule has 55 heavy (non-hydrogen) atoms. The predicted molar refractivity (Wildman–Crippen MR) is 227 cm³/mol.